The molecule has 0 bridgehead atoms. The molecule has 4 unspecified atom stereocenters. The molecule has 1 heteroatoms. The van der Waals surface area contributed by atoms with E-state index in [1.807, 2.05) is 0 Å². The van der Waals surface area contributed by atoms with Crippen LogP contribution in [0.2, 0.25) is 0 Å². The summed E-state index contributed by atoms with van der Waals surface area (Å²) in [6.45, 7) is 4.73. The molecule has 4 atom stereocenters. The third kappa shape index (κ3) is 4.34. The van der Waals surface area contributed by atoms with Gasteiger partial charge in [0, 0.05) is 4.83 Å². The van der Waals surface area contributed by atoms with Crippen molar-refractivity contribution in [3.63, 3.8) is 0 Å². The van der Waals surface area contributed by atoms with Gasteiger partial charge in [0.1, 0.15) is 0 Å². The van der Waals surface area contributed by atoms with E-state index in [9.17, 15) is 0 Å². The molecule has 0 saturated heterocycles. The Morgan fingerprint density at radius 1 is 1.21 bits per heavy atom. The zero-order valence-electron chi connectivity index (χ0n) is 12.3. The molecule has 1 aromatic carbocycles. The van der Waals surface area contributed by atoms with Crippen molar-refractivity contribution in [1.82, 2.24) is 0 Å². The van der Waals surface area contributed by atoms with E-state index in [0.29, 0.717) is 0 Å². The third-order valence-electron chi connectivity index (χ3n) is 4.65. The van der Waals surface area contributed by atoms with E-state index in [2.05, 4.69) is 60.1 Å². The van der Waals surface area contributed by atoms with Crippen LogP contribution in [0.15, 0.2) is 30.3 Å². The number of hydrogen-bond donors (Lipinski definition) is 0. The summed E-state index contributed by atoms with van der Waals surface area (Å²) in [4.78, 5) is 0.742. The van der Waals surface area contributed by atoms with Gasteiger partial charge in [-0.15, -0.1) is 0 Å². The van der Waals surface area contributed by atoms with Gasteiger partial charge in [-0.1, -0.05) is 73.0 Å². The van der Waals surface area contributed by atoms with Crippen molar-refractivity contribution in [2.24, 2.45) is 11.8 Å². The molecule has 0 nitrogen and oxygen atoms in total. The molecule has 19 heavy (non-hydrogen) atoms. The van der Waals surface area contributed by atoms with Gasteiger partial charge in [-0.2, -0.15) is 0 Å². The molecule has 1 saturated carbocycles. The van der Waals surface area contributed by atoms with Crippen molar-refractivity contribution >= 4 is 15.9 Å². The summed E-state index contributed by atoms with van der Waals surface area (Å²) in [5.41, 5.74) is 1.55. The Bertz CT molecular complexity index is 359. The minimum absolute atomic E-state index is 0.742. The largest absolute Gasteiger partial charge is 0.0888 e. The Kier molecular flexibility index (Phi) is 5.94. The van der Waals surface area contributed by atoms with E-state index in [1.165, 1.54) is 38.5 Å². The maximum Gasteiger partial charge on any atom is 0.0174 e. The van der Waals surface area contributed by atoms with E-state index < -0.39 is 0 Å². The first-order valence-electron chi connectivity index (χ1n) is 7.89. The van der Waals surface area contributed by atoms with Crippen molar-refractivity contribution in [2.45, 2.75) is 63.1 Å². The highest BCUT2D eigenvalue weighted by atomic mass is 79.9. The molecule has 1 aliphatic rings. The summed E-state index contributed by atoms with van der Waals surface area (Å²) in [7, 11) is 0. The van der Waals surface area contributed by atoms with Gasteiger partial charge >= 0.3 is 0 Å². The van der Waals surface area contributed by atoms with Gasteiger partial charge in [0.15, 0.2) is 0 Å². The van der Waals surface area contributed by atoms with Gasteiger partial charge in [-0.3, -0.25) is 0 Å². The van der Waals surface area contributed by atoms with Crippen LogP contribution < -0.4 is 0 Å². The van der Waals surface area contributed by atoms with Crippen LogP contribution in [0.1, 0.15) is 63.9 Å². The first-order chi connectivity index (χ1) is 9.20. The monoisotopic (exact) mass is 322 g/mol. The van der Waals surface area contributed by atoms with Gasteiger partial charge < -0.3 is 0 Å². The SMILES string of the molecule is CCCC(C)CC1CC(c2ccccc2)CCC1Br. The van der Waals surface area contributed by atoms with Crippen molar-refractivity contribution in [1.29, 1.82) is 0 Å². The summed E-state index contributed by atoms with van der Waals surface area (Å²) >= 11 is 3.93. The summed E-state index contributed by atoms with van der Waals surface area (Å²) in [5.74, 6) is 2.53. The standard InChI is InChI=1S/C18H27Br/c1-3-7-14(2)12-17-13-16(10-11-18(17)19)15-8-5-4-6-9-15/h4-6,8-9,14,16-18H,3,7,10-13H2,1-2H3. The number of benzene rings is 1. The molecule has 2 rings (SSSR count). The third-order valence-corrected chi connectivity index (χ3v) is 5.85. The van der Waals surface area contributed by atoms with Crippen LogP contribution in [0, 0.1) is 11.8 Å². The second-order valence-electron chi connectivity index (χ2n) is 6.33. The molecular weight excluding hydrogens is 296 g/mol. The Hall–Kier alpha value is -0.300. The van der Waals surface area contributed by atoms with Gasteiger partial charge in [-0.05, 0) is 49.0 Å². The molecule has 0 aliphatic heterocycles. The Morgan fingerprint density at radius 3 is 2.63 bits per heavy atom. The van der Waals surface area contributed by atoms with Gasteiger partial charge in [-0.25, -0.2) is 0 Å². The molecule has 1 aliphatic carbocycles. The second-order valence-corrected chi connectivity index (χ2v) is 7.50. The van der Waals surface area contributed by atoms with Crippen LogP contribution >= 0.6 is 15.9 Å². The van der Waals surface area contributed by atoms with Crippen LogP contribution in [-0.4, -0.2) is 4.83 Å². The van der Waals surface area contributed by atoms with Gasteiger partial charge in [0.2, 0.25) is 0 Å². The fourth-order valence-corrected chi connectivity index (χ4v) is 4.32. The normalized spacial score (nSPS) is 29.1. The summed E-state index contributed by atoms with van der Waals surface area (Å²) < 4.78 is 0. The molecular formula is C18H27Br. The summed E-state index contributed by atoms with van der Waals surface area (Å²) in [5, 5.41) is 0. The van der Waals surface area contributed by atoms with E-state index >= 15 is 0 Å². The van der Waals surface area contributed by atoms with Crippen molar-refractivity contribution in [2.75, 3.05) is 0 Å². The van der Waals surface area contributed by atoms with Crippen LogP contribution in [-0.2, 0) is 0 Å². The minimum atomic E-state index is 0.742. The molecule has 1 fully saturated rings. The minimum Gasteiger partial charge on any atom is -0.0888 e. The molecule has 0 amide bonds. The molecule has 0 aromatic heterocycles. The van der Waals surface area contributed by atoms with Crippen LogP contribution in [0.4, 0.5) is 0 Å². The predicted octanol–water partition coefficient (Wildman–Crippen LogP) is 6.16. The zero-order chi connectivity index (χ0) is 13.7. The maximum atomic E-state index is 3.93. The highest BCUT2D eigenvalue weighted by Gasteiger charge is 2.30. The molecule has 0 heterocycles. The summed E-state index contributed by atoms with van der Waals surface area (Å²) in [6.07, 6.45) is 8.15. The number of rotatable bonds is 5. The lowest BCUT2D eigenvalue weighted by molar-refractivity contribution is 0.277. The number of hydrogen-bond acceptors (Lipinski definition) is 0. The van der Waals surface area contributed by atoms with E-state index in [4.69, 9.17) is 0 Å². The van der Waals surface area contributed by atoms with Gasteiger partial charge in [0.05, 0.1) is 0 Å². The average Bonchev–Trinajstić information content (AvgIpc) is 2.42. The average molecular weight is 323 g/mol. The maximum absolute atomic E-state index is 3.93. The van der Waals surface area contributed by atoms with Crippen LogP contribution in [0.5, 0.6) is 0 Å². The first kappa shape index (κ1) is 15.1. The fourth-order valence-electron chi connectivity index (χ4n) is 3.63. The Balaban J connectivity index is 1.96. The lowest BCUT2D eigenvalue weighted by Crippen LogP contribution is -2.25. The first-order valence-corrected chi connectivity index (χ1v) is 8.81. The Morgan fingerprint density at radius 2 is 1.95 bits per heavy atom. The van der Waals surface area contributed by atoms with Crippen LogP contribution in [0.3, 0.4) is 0 Å². The topological polar surface area (TPSA) is 0 Å². The van der Waals surface area contributed by atoms with Crippen molar-refractivity contribution < 1.29 is 0 Å². The van der Waals surface area contributed by atoms with E-state index in [-0.39, 0.29) is 0 Å². The highest BCUT2D eigenvalue weighted by molar-refractivity contribution is 9.09. The highest BCUT2D eigenvalue weighted by Crippen LogP contribution is 2.42. The van der Waals surface area contributed by atoms with E-state index in [1.54, 1.807) is 5.56 Å². The number of alkyl halides is 1. The molecule has 0 N–H and O–H groups in total. The smallest absolute Gasteiger partial charge is 0.0174 e. The molecule has 0 radical (unpaired) electrons. The predicted molar refractivity (Wildman–Crippen MR) is 87.9 cm³/mol. The van der Waals surface area contributed by atoms with Gasteiger partial charge in [0.25, 0.3) is 0 Å². The quantitative estimate of drug-likeness (QED) is 0.569. The second kappa shape index (κ2) is 7.47. The van der Waals surface area contributed by atoms with E-state index in [0.717, 1.165) is 22.6 Å². The number of halogens is 1. The fraction of sp³-hybridized carbons (Fsp3) is 0.667. The Labute approximate surface area is 127 Å². The molecule has 106 valence electrons. The van der Waals surface area contributed by atoms with Crippen molar-refractivity contribution in [3.8, 4) is 0 Å². The van der Waals surface area contributed by atoms with Crippen LogP contribution in [0.25, 0.3) is 0 Å². The lowest BCUT2D eigenvalue weighted by atomic mass is 9.74. The zero-order valence-corrected chi connectivity index (χ0v) is 13.9. The lowest BCUT2D eigenvalue weighted by Gasteiger charge is -2.35. The molecule has 0 spiro atoms. The van der Waals surface area contributed by atoms with Crippen molar-refractivity contribution in [3.05, 3.63) is 35.9 Å². The summed E-state index contributed by atoms with van der Waals surface area (Å²) in [6, 6.07) is 11.1. The molecule has 1 aromatic rings.